The van der Waals surface area contributed by atoms with E-state index in [1.54, 1.807) is 19.1 Å². The number of hydrogen-bond acceptors (Lipinski definition) is 2. The van der Waals surface area contributed by atoms with E-state index in [0.717, 1.165) is 11.1 Å². The van der Waals surface area contributed by atoms with Gasteiger partial charge in [-0.15, -0.1) is 0 Å². The number of hydrogen-bond donors (Lipinski definition) is 1. The van der Waals surface area contributed by atoms with Crippen molar-refractivity contribution in [3.05, 3.63) is 29.0 Å². The Kier molecular flexibility index (Phi) is 6.38. The van der Waals surface area contributed by atoms with E-state index in [-0.39, 0.29) is 32.9 Å². The van der Waals surface area contributed by atoms with E-state index in [9.17, 15) is 5.11 Å². The molecule has 1 aromatic carbocycles. The van der Waals surface area contributed by atoms with E-state index in [1.807, 2.05) is 6.92 Å². The van der Waals surface area contributed by atoms with Gasteiger partial charge in [-0.2, -0.15) is 0 Å². The summed E-state index contributed by atoms with van der Waals surface area (Å²) in [5, 5.41) is 9.29. The van der Waals surface area contributed by atoms with Gasteiger partial charge in [0.15, 0.2) is 0 Å². The predicted molar refractivity (Wildman–Crippen MR) is 47.4 cm³/mol. The van der Waals surface area contributed by atoms with Crippen LogP contribution in [0.5, 0.6) is 11.5 Å². The molecule has 1 rings (SSSR count). The summed E-state index contributed by atoms with van der Waals surface area (Å²) < 4.78 is 5.03. The van der Waals surface area contributed by atoms with Gasteiger partial charge in [0, 0.05) is 20.4 Å². The topological polar surface area (TPSA) is 53.3 Å². The van der Waals surface area contributed by atoms with Crippen molar-refractivity contribution < 1.29 is 30.3 Å². The quantitative estimate of drug-likeness (QED) is 0.554. The van der Waals surface area contributed by atoms with Crippen LogP contribution in [0.2, 0.25) is 0 Å². The second kappa shape index (κ2) is 5.98. The summed E-state index contributed by atoms with van der Waals surface area (Å²) in [6, 6.07) is 3.37. The number of aryl methyl sites for hydroxylation is 2. The molecular formula is C9H12NO2ReRf-. The normalized spacial score (nSPS) is 8.50. The van der Waals surface area contributed by atoms with Gasteiger partial charge in [-0.05, 0) is 43.8 Å². The van der Waals surface area contributed by atoms with Crippen molar-refractivity contribution in [2.75, 3.05) is 6.73 Å². The summed E-state index contributed by atoms with van der Waals surface area (Å²) in [5.41, 5.74) is 8.50. The maximum Gasteiger partial charge on any atom is 0.120 e. The fourth-order valence-electron chi connectivity index (χ4n) is 1.01. The molecule has 5 heteroatoms. The summed E-state index contributed by atoms with van der Waals surface area (Å²) >= 11 is 0. The summed E-state index contributed by atoms with van der Waals surface area (Å²) in [7, 11) is 0. The Bertz CT molecular complexity index is 294. The van der Waals surface area contributed by atoms with Gasteiger partial charge in [-0.25, -0.2) is 0 Å². The Morgan fingerprint density at radius 3 is 2.36 bits per heavy atom. The maximum absolute atomic E-state index is 9.29. The number of ether oxygens (including phenoxy) is 1. The zero-order valence-electron chi connectivity index (χ0n) is 8.30. The molecular weight excluding hydrogens is 607 g/mol. The maximum atomic E-state index is 9.29. The summed E-state index contributed by atoms with van der Waals surface area (Å²) in [6.45, 7) is 3.54. The minimum Gasteiger partial charge on any atom is -0.644 e. The third-order valence-electron chi connectivity index (χ3n) is 1.72. The SMILES string of the molecule is Cc1cc(OC[NH-])c(C)cc1O.[Re].[Rf]. The van der Waals surface area contributed by atoms with Crippen molar-refractivity contribution in [3.63, 3.8) is 0 Å². The Balaban J connectivity index is 0. The van der Waals surface area contributed by atoms with Crippen LogP contribution in [-0.4, -0.2) is 11.8 Å². The zero-order valence-corrected chi connectivity index (χ0v) is 17.4. The molecule has 3 nitrogen and oxygen atoms in total. The van der Waals surface area contributed by atoms with Crippen molar-refractivity contribution in [2.45, 2.75) is 13.8 Å². The van der Waals surface area contributed by atoms with Crippen LogP contribution in [0.3, 0.4) is 0 Å². The molecule has 0 aliphatic heterocycles. The van der Waals surface area contributed by atoms with Crippen molar-refractivity contribution in [2.24, 2.45) is 0 Å². The minimum atomic E-state index is -0.0922. The Morgan fingerprint density at radius 2 is 1.86 bits per heavy atom. The summed E-state index contributed by atoms with van der Waals surface area (Å²) in [5.74, 6) is 0.935. The molecule has 0 unspecified atom stereocenters. The first-order valence-electron chi connectivity index (χ1n) is 3.72. The van der Waals surface area contributed by atoms with E-state index in [1.165, 1.54) is 0 Å². The molecule has 0 saturated carbocycles. The molecule has 0 spiro atoms. The average Bonchev–Trinajstić information content (AvgIpc) is 2.01. The van der Waals surface area contributed by atoms with Gasteiger partial charge in [-0.3, -0.25) is 0 Å². The van der Waals surface area contributed by atoms with Crippen molar-refractivity contribution in [1.82, 2.24) is 0 Å². The monoisotopic (exact) mass is 620 g/mol. The third kappa shape index (κ3) is 3.06. The molecule has 1 radical (unpaired) electrons. The number of rotatable bonds is 2. The molecule has 0 aliphatic rings. The second-order valence-corrected chi connectivity index (χ2v) is 2.69. The van der Waals surface area contributed by atoms with Crippen LogP contribution in [-0.2, 0) is 20.4 Å². The first-order valence-corrected chi connectivity index (χ1v) is 3.72. The van der Waals surface area contributed by atoms with E-state index >= 15 is 0 Å². The molecule has 0 fully saturated rings. The van der Waals surface area contributed by atoms with Crippen LogP contribution in [0.1, 0.15) is 11.1 Å². The smallest absolute Gasteiger partial charge is 0.120 e. The van der Waals surface area contributed by atoms with Crippen LogP contribution in [0.15, 0.2) is 12.1 Å². The fourth-order valence-corrected chi connectivity index (χ4v) is 1.01. The van der Waals surface area contributed by atoms with Gasteiger partial charge in [0.25, 0.3) is 0 Å². The Morgan fingerprint density at radius 1 is 1.29 bits per heavy atom. The fraction of sp³-hybridized carbons (Fsp3) is 0.333. The van der Waals surface area contributed by atoms with Crippen LogP contribution in [0.4, 0.5) is 0 Å². The summed E-state index contributed by atoms with van der Waals surface area (Å²) in [6.07, 6.45) is 0. The number of phenolic OH excluding ortho intramolecular Hbond substituents is 1. The molecule has 0 amide bonds. The van der Waals surface area contributed by atoms with Gasteiger partial charge in [0.2, 0.25) is 0 Å². The Labute approximate surface area is 91.6 Å². The van der Waals surface area contributed by atoms with Gasteiger partial charge < -0.3 is 15.6 Å². The number of benzene rings is 1. The molecule has 0 saturated heterocycles. The van der Waals surface area contributed by atoms with E-state index in [0.29, 0.717) is 5.75 Å². The van der Waals surface area contributed by atoms with Gasteiger partial charge in [-0.1, -0.05) is 0 Å². The molecule has 75 valence electrons. The molecule has 2 N–H and O–H groups in total. The average molecular weight is 619 g/mol. The minimum absolute atomic E-state index is 0. The summed E-state index contributed by atoms with van der Waals surface area (Å²) in [4.78, 5) is 0. The largest absolute Gasteiger partial charge is 0.644 e. The molecule has 0 heterocycles. The van der Waals surface area contributed by atoms with Crippen LogP contribution in [0, 0.1) is 13.8 Å². The number of phenols is 1. The standard InChI is InChI=1S/C9H12NO2.Re.Rf/c1-6-4-9(12-5-10)7(2)3-8(6)11;;/h3-4,10-11H,5H2,1-2H3;;/q-1;;. The third-order valence-corrected chi connectivity index (χ3v) is 1.72. The van der Waals surface area contributed by atoms with Crippen LogP contribution in [0.25, 0.3) is 5.73 Å². The zero-order chi connectivity index (χ0) is 9.14. The molecule has 14 heavy (non-hydrogen) atoms. The van der Waals surface area contributed by atoms with Gasteiger partial charge in [0.05, 0.1) is 0 Å². The molecule has 0 atom stereocenters. The first kappa shape index (κ1) is 14.9. The molecule has 0 bridgehead atoms. The molecule has 1 aromatic rings. The van der Waals surface area contributed by atoms with Crippen LogP contribution >= 0.6 is 0 Å². The van der Waals surface area contributed by atoms with Crippen molar-refractivity contribution in [3.8, 4) is 11.5 Å². The Hall–Kier alpha value is -1.56. The second-order valence-electron chi connectivity index (χ2n) is 2.69. The van der Waals surface area contributed by atoms with E-state index < -0.39 is 0 Å². The van der Waals surface area contributed by atoms with Gasteiger partial charge in [0.1, 0.15) is 11.5 Å². The number of nitrogens with one attached hydrogen (secondary N) is 1. The van der Waals surface area contributed by atoms with E-state index in [4.69, 9.17) is 10.5 Å². The van der Waals surface area contributed by atoms with Crippen LogP contribution < -0.4 is 4.74 Å². The van der Waals surface area contributed by atoms with Crippen molar-refractivity contribution in [1.29, 1.82) is 0 Å². The predicted octanol–water partition coefficient (Wildman–Crippen LogP) is 2.40. The first-order chi connectivity index (χ1) is 5.65. The van der Waals surface area contributed by atoms with Crippen molar-refractivity contribution >= 4 is 0 Å². The molecule has 0 aliphatic carbocycles. The van der Waals surface area contributed by atoms with E-state index in [2.05, 4.69) is 0 Å². The number of aromatic hydroxyl groups is 1. The van der Waals surface area contributed by atoms with Gasteiger partial charge >= 0.3 is 0 Å². The molecule has 0 aromatic heterocycles.